The van der Waals surface area contributed by atoms with Gasteiger partial charge in [0.25, 0.3) is 5.91 Å². The minimum absolute atomic E-state index is 0.0986. The number of anilines is 1. The largest absolute Gasteiger partial charge is 0.357 e. The van der Waals surface area contributed by atoms with Crippen LogP contribution in [0, 0.1) is 5.82 Å². The van der Waals surface area contributed by atoms with Crippen LogP contribution >= 0.6 is 0 Å². The molecule has 1 amide bonds. The quantitative estimate of drug-likeness (QED) is 0.650. The van der Waals surface area contributed by atoms with E-state index < -0.39 is 5.82 Å². The van der Waals surface area contributed by atoms with Crippen LogP contribution in [0.1, 0.15) is 35.5 Å². The second-order valence-electron chi connectivity index (χ2n) is 7.82. The third-order valence-electron chi connectivity index (χ3n) is 5.57. The van der Waals surface area contributed by atoms with Gasteiger partial charge >= 0.3 is 0 Å². The SMILES string of the molecule is CC(C)N(C)c1nc(-c2ccccc2)nc2c1CN(C(=O)c1ccccc1F)CC2. The van der Waals surface area contributed by atoms with Gasteiger partial charge in [0.1, 0.15) is 11.6 Å². The number of rotatable bonds is 4. The van der Waals surface area contributed by atoms with Gasteiger partial charge in [-0.3, -0.25) is 4.79 Å². The summed E-state index contributed by atoms with van der Waals surface area (Å²) in [4.78, 5) is 26.4. The van der Waals surface area contributed by atoms with Crippen LogP contribution in [0.2, 0.25) is 0 Å². The molecule has 0 atom stereocenters. The molecule has 6 heteroatoms. The minimum atomic E-state index is -0.497. The van der Waals surface area contributed by atoms with E-state index in [9.17, 15) is 9.18 Å². The third-order valence-corrected chi connectivity index (χ3v) is 5.57. The van der Waals surface area contributed by atoms with E-state index in [0.717, 1.165) is 22.6 Å². The highest BCUT2D eigenvalue weighted by atomic mass is 19.1. The fourth-order valence-corrected chi connectivity index (χ4v) is 3.63. The van der Waals surface area contributed by atoms with Crippen LogP contribution in [0.5, 0.6) is 0 Å². The molecule has 0 saturated heterocycles. The van der Waals surface area contributed by atoms with Crippen molar-refractivity contribution in [2.24, 2.45) is 0 Å². The average Bonchev–Trinajstić information content (AvgIpc) is 2.78. The van der Waals surface area contributed by atoms with Gasteiger partial charge in [0.2, 0.25) is 0 Å². The lowest BCUT2D eigenvalue weighted by molar-refractivity contribution is 0.0729. The van der Waals surface area contributed by atoms with Crippen molar-refractivity contribution in [2.75, 3.05) is 18.5 Å². The Hall–Kier alpha value is -3.28. The van der Waals surface area contributed by atoms with E-state index in [-0.39, 0.29) is 17.5 Å². The molecule has 4 rings (SSSR count). The molecule has 1 aliphatic rings. The zero-order valence-corrected chi connectivity index (χ0v) is 17.5. The monoisotopic (exact) mass is 404 g/mol. The average molecular weight is 404 g/mol. The summed E-state index contributed by atoms with van der Waals surface area (Å²) < 4.78 is 14.2. The van der Waals surface area contributed by atoms with Crippen LogP contribution in [0.4, 0.5) is 10.2 Å². The number of fused-ring (bicyclic) bond motifs is 1. The predicted octanol–water partition coefficient (Wildman–Crippen LogP) is 4.33. The van der Waals surface area contributed by atoms with Gasteiger partial charge in [-0.2, -0.15) is 0 Å². The Morgan fingerprint density at radius 3 is 2.47 bits per heavy atom. The molecule has 0 spiro atoms. The van der Waals surface area contributed by atoms with Crippen molar-refractivity contribution in [1.82, 2.24) is 14.9 Å². The number of carbonyl (C=O) groups is 1. The molecule has 0 radical (unpaired) electrons. The Morgan fingerprint density at radius 1 is 1.07 bits per heavy atom. The van der Waals surface area contributed by atoms with E-state index in [4.69, 9.17) is 9.97 Å². The first-order chi connectivity index (χ1) is 14.5. The first-order valence-electron chi connectivity index (χ1n) is 10.2. The fraction of sp³-hybridized carbons (Fsp3) is 0.292. The Bertz CT molecular complexity index is 1070. The molecule has 0 N–H and O–H groups in total. The van der Waals surface area contributed by atoms with Gasteiger partial charge in [-0.15, -0.1) is 0 Å². The molecule has 0 aliphatic carbocycles. The lowest BCUT2D eigenvalue weighted by atomic mass is 10.0. The summed E-state index contributed by atoms with van der Waals surface area (Å²) in [5.74, 6) is 0.707. The number of benzene rings is 2. The van der Waals surface area contributed by atoms with Crippen LogP contribution in [-0.2, 0) is 13.0 Å². The van der Waals surface area contributed by atoms with Crippen molar-refractivity contribution in [3.63, 3.8) is 0 Å². The molecule has 0 bridgehead atoms. The molecule has 1 aromatic heterocycles. The van der Waals surface area contributed by atoms with Crippen molar-refractivity contribution in [3.8, 4) is 11.4 Å². The molecule has 1 aliphatic heterocycles. The summed E-state index contributed by atoms with van der Waals surface area (Å²) >= 11 is 0. The Balaban J connectivity index is 1.74. The molecule has 0 saturated carbocycles. The van der Waals surface area contributed by atoms with E-state index in [1.807, 2.05) is 37.4 Å². The van der Waals surface area contributed by atoms with E-state index in [1.165, 1.54) is 12.1 Å². The van der Waals surface area contributed by atoms with Crippen molar-refractivity contribution < 1.29 is 9.18 Å². The molecule has 0 unspecified atom stereocenters. The van der Waals surface area contributed by atoms with E-state index in [2.05, 4.69) is 18.7 Å². The second kappa shape index (κ2) is 8.22. The fourth-order valence-electron chi connectivity index (χ4n) is 3.63. The van der Waals surface area contributed by atoms with E-state index in [1.54, 1.807) is 17.0 Å². The van der Waals surface area contributed by atoms with E-state index >= 15 is 0 Å². The predicted molar refractivity (Wildman–Crippen MR) is 116 cm³/mol. The zero-order valence-electron chi connectivity index (χ0n) is 17.5. The summed E-state index contributed by atoms with van der Waals surface area (Å²) in [6, 6.07) is 16.3. The molecule has 154 valence electrons. The van der Waals surface area contributed by atoms with Gasteiger partial charge in [0, 0.05) is 37.2 Å². The standard InChI is InChI=1S/C24H25FN4O/c1-16(2)28(3)23-19-15-29(24(30)18-11-7-8-12-20(18)25)14-13-21(19)26-22(27-23)17-9-5-4-6-10-17/h4-12,16H,13-15H2,1-3H3. The highest BCUT2D eigenvalue weighted by molar-refractivity contribution is 5.94. The number of hydrogen-bond donors (Lipinski definition) is 0. The highest BCUT2D eigenvalue weighted by Gasteiger charge is 2.29. The Labute approximate surface area is 176 Å². The van der Waals surface area contributed by atoms with Crippen molar-refractivity contribution in [1.29, 1.82) is 0 Å². The van der Waals surface area contributed by atoms with E-state index in [0.29, 0.717) is 25.3 Å². The van der Waals surface area contributed by atoms with Gasteiger partial charge in [-0.25, -0.2) is 14.4 Å². The summed E-state index contributed by atoms with van der Waals surface area (Å²) in [6.45, 7) is 5.06. The zero-order chi connectivity index (χ0) is 21.3. The van der Waals surface area contributed by atoms with Crippen LogP contribution in [0.15, 0.2) is 54.6 Å². The third kappa shape index (κ3) is 3.77. The van der Waals surface area contributed by atoms with Gasteiger partial charge in [-0.05, 0) is 26.0 Å². The first-order valence-corrected chi connectivity index (χ1v) is 10.2. The number of hydrogen-bond acceptors (Lipinski definition) is 4. The number of aromatic nitrogens is 2. The summed E-state index contributed by atoms with van der Waals surface area (Å²) in [7, 11) is 2.00. The highest BCUT2D eigenvalue weighted by Crippen LogP contribution is 2.30. The summed E-state index contributed by atoms with van der Waals surface area (Å²) in [6.07, 6.45) is 0.608. The Morgan fingerprint density at radius 2 is 1.77 bits per heavy atom. The number of nitrogens with zero attached hydrogens (tertiary/aromatic N) is 4. The van der Waals surface area contributed by atoms with Crippen LogP contribution in [-0.4, -0.2) is 40.4 Å². The molecule has 5 nitrogen and oxygen atoms in total. The van der Waals surface area contributed by atoms with Crippen molar-refractivity contribution >= 4 is 11.7 Å². The van der Waals surface area contributed by atoms with Gasteiger partial charge in [0.15, 0.2) is 5.82 Å². The second-order valence-corrected chi connectivity index (χ2v) is 7.82. The Kier molecular flexibility index (Phi) is 5.48. The lowest BCUT2D eigenvalue weighted by Crippen LogP contribution is -2.39. The van der Waals surface area contributed by atoms with Gasteiger partial charge in [-0.1, -0.05) is 42.5 Å². The topological polar surface area (TPSA) is 49.3 Å². The maximum absolute atomic E-state index is 14.2. The molecular formula is C24H25FN4O. The van der Waals surface area contributed by atoms with Crippen molar-refractivity contribution in [2.45, 2.75) is 32.9 Å². The molecule has 3 aromatic rings. The van der Waals surface area contributed by atoms with Gasteiger partial charge < -0.3 is 9.80 Å². The van der Waals surface area contributed by atoms with Crippen LogP contribution in [0.3, 0.4) is 0 Å². The van der Waals surface area contributed by atoms with Crippen LogP contribution in [0.25, 0.3) is 11.4 Å². The lowest BCUT2D eigenvalue weighted by Gasteiger charge is -2.33. The number of carbonyl (C=O) groups excluding carboxylic acids is 1. The number of halogens is 1. The maximum Gasteiger partial charge on any atom is 0.257 e. The minimum Gasteiger partial charge on any atom is -0.357 e. The number of amides is 1. The molecule has 2 heterocycles. The van der Waals surface area contributed by atoms with Crippen molar-refractivity contribution in [3.05, 3.63) is 77.2 Å². The van der Waals surface area contributed by atoms with Gasteiger partial charge in [0.05, 0.1) is 17.8 Å². The van der Waals surface area contributed by atoms with Crippen LogP contribution < -0.4 is 4.90 Å². The maximum atomic E-state index is 14.2. The normalized spacial score (nSPS) is 13.3. The molecular weight excluding hydrogens is 379 g/mol. The first kappa shape index (κ1) is 20.0. The molecule has 30 heavy (non-hydrogen) atoms. The molecule has 0 fully saturated rings. The summed E-state index contributed by atoms with van der Waals surface area (Å²) in [5, 5.41) is 0. The summed E-state index contributed by atoms with van der Waals surface area (Å²) in [5.41, 5.74) is 2.94. The molecule has 2 aromatic carbocycles. The smallest absolute Gasteiger partial charge is 0.257 e.